The monoisotopic (exact) mass is 354 g/mol. The number of allylic oxidation sites excluding steroid dienone is 1. The van der Waals surface area contributed by atoms with Crippen LogP contribution in [-0.4, -0.2) is 0 Å². The normalized spacial score (nSPS) is 12.8. The summed E-state index contributed by atoms with van der Waals surface area (Å²) in [7, 11) is 0. The largest absolute Gasteiger partial charge is 0.399 e. The molecule has 2 nitrogen and oxygen atoms in total. The molecule has 1 unspecified atom stereocenters. The van der Waals surface area contributed by atoms with Crippen LogP contribution in [0.2, 0.25) is 0 Å². The maximum atomic E-state index is 5.78. The van der Waals surface area contributed by atoms with Gasteiger partial charge in [-0.05, 0) is 41.7 Å². The molecule has 0 radical (unpaired) electrons. The number of benzene rings is 3. The van der Waals surface area contributed by atoms with Crippen molar-refractivity contribution >= 4 is 17.0 Å². The molecule has 2 heteroatoms. The van der Waals surface area contributed by atoms with Crippen molar-refractivity contribution < 1.29 is 0 Å². The lowest BCUT2D eigenvalue weighted by Crippen LogP contribution is -2.18. The topological polar surface area (TPSA) is 38.0 Å². The van der Waals surface area contributed by atoms with Crippen molar-refractivity contribution in [2.45, 2.75) is 19.9 Å². The number of nitrogens with two attached hydrogens (primary N) is 1. The highest BCUT2D eigenvalue weighted by Crippen LogP contribution is 2.27. The van der Waals surface area contributed by atoms with E-state index in [4.69, 9.17) is 5.73 Å². The Bertz CT molecular complexity index is 923. The van der Waals surface area contributed by atoms with E-state index < -0.39 is 0 Å². The SMILES string of the molecule is C=C(N)c1ccc(C(C)N/C(=C(\C)c2ccccc2)c2ccccc2)cc1. The Labute approximate surface area is 162 Å². The van der Waals surface area contributed by atoms with Crippen LogP contribution in [0.5, 0.6) is 0 Å². The number of hydrogen-bond acceptors (Lipinski definition) is 2. The molecule has 0 aromatic heterocycles. The lowest BCUT2D eigenvalue weighted by Gasteiger charge is -2.22. The third-order valence-electron chi connectivity index (χ3n) is 4.79. The standard InChI is InChI=1S/C25H26N2/c1-18(21-10-6-4-7-11-21)25(24-12-8-5-9-13-24)27-20(3)23-16-14-22(15-17-23)19(2)26/h4-17,20,27H,2,26H2,1,3H3/b25-18+. The van der Waals surface area contributed by atoms with E-state index in [1.54, 1.807) is 0 Å². The summed E-state index contributed by atoms with van der Waals surface area (Å²) in [6.45, 7) is 8.14. The molecule has 3 N–H and O–H groups in total. The molecular weight excluding hydrogens is 328 g/mol. The van der Waals surface area contributed by atoms with Crippen molar-refractivity contribution in [2.24, 2.45) is 5.73 Å². The van der Waals surface area contributed by atoms with Gasteiger partial charge in [0.1, 0.15) is 0 Å². The summed E-state index contributed by atoms with van der Waals surface area (Å²) in [6.07, 6.45) is 0. The van der Waals surface area contributed by atoms with Crippen molar-refractivity contribution in [3.05, 3.63) is 114 Å². The van der Waals surface area contributed by atoms with Gasteiger partial charge in [0.05, 0.1) is 0 Å². The van der Waals surface area contributed by atoms with Crippen molar-refractivity contribution in [1.29, 1.82) is 0 Å². The fourth-order valence-corrected chi connectivity index (χ4v) is 3.13. The summed E-state index contributed by atoms with van der Waals surface area (Å²) in [5.74, 6) is 0. The van der Waals surface area contributed by atoms with Gasteiger partial charge in [-0.15, -0.1) is 0 Å². The minimum absolute atomic E-state index is 0.152. The van der Waals surface area contributed by atoms with E-state index in [1.165, 1.54) is 22.3 Å². The molecule has 3 rings (SSSR count). The van der Waals surface area contributed by atoms with Crippen molar-refractivity contribution in [3.63, 3.8) is 0 Å². The Morgan fingerprint density at radius 2 is 1.30 bits per heavy atom. The molecular formula is C25H26N2. The Hall–Kier alpha value is -3.26. The lowest BCUT2D eigenvalue weighted by molar-refractivity contribution is 0.701. The average Bonchev–Trinajstić information content (AvgIpc) is 2.72. The van der Waals surface area contributed by atoms with Gasteiger partial charge >= 0.3 is 0 Å². The van der Waals surface area contributed by atoms with Crippen molar-refractivity contribution in [2.75, 3.05) is 0 Å². The van der Waals surface area contributed by atoms with E-state index in [0.29, 0.717) is 5.70 Å². The first-order chi connectivity index (χ1) is 13.1. The maximum Gasteiger partial charge on any atom is 0.0485 e. The highest BCUT2D eigenvalue weighted by atomic mass is 14.9. The predicted molar refractivity (Wildman–Crippen MR) is 117 cm³/mol. The molecule has 0 saturated carbocycles. The van der Waals surface area contributed by atoms with E-state index in [-0.39, 0.29) is 6.04 Å². The fourth-order valence-electron chi connectivity index (χ4n) is 3.13. The first-order valence-corrected chi connectivity index (χ1v) is 9.19. The van der Waals surface area contributed by atoms with Crippen LogP contribution in [0.25, 0.3) is 17.0 Å². The quantitative estimate of drug-likeness (QED) is 0.545. The Balaban J connectivity index is 1.95. The van der Waals surface area contributed by atoms with Gasteiger partial charge in [-0.3, -0.25) is 0 Å². The van der Waals surface area contributed by atoms with E-state index in [2.05, 4.69) is 86.4 Å². The number of hydrogen-bond donors (Lipinski definition) is 2. The van der Waals surface area contributed by atoms with Gasteiger partial charge in [0, 0.05) is 17.4 Å². The zero-order valence-electron chi connectivity index (χ0n) is 15.9. The van der Waals surface area contributed by atoms with Crippen LogP contribution in [0.4, 0.5) is 0 Å². The Morgan fingerprint density at radius 3 is 1.81 bits per heavy atom. The van der Waals surface area contributed by atoms with Crippen LogP contribution in [-0.2, 0) is 0 Å². The van der Waals surface area contributed by atoms with Crippen molar-refractivity contribution in [3.8, 4) is 0 Å². The molecule has 27 heavy (non-hydrogen) atoms. The van der Waals surface area contributed by atoms with Gasteiger partial charge in [0.15, 0.2) is 0 Å². The summed E-state index contributed by atoms with van der Waals surface area (Å²) in [5, 5.41) is 3.72. The third kappa shape index (κ3) is 4.48. The molecule has 0 bridgehead atoms. The molecule has 3 aromatic rings. The molecule has 0 aliphatic rings. The van der Waals surface area contributed by atoms with Crippen LogP contribution in [0, 0.1) is 0 Å². The van der Waals surface area contributed by atoms with Crippen LogP contribution < -0.4 is 11.1 Å². The summed E-state index contributed by atoms with van der Waals surface area (Å²) in [4.78, 5) is 0. The molecule has 1 atom stereocenters. The molecule has 0 heterocycles. The molecule has 0 aliphatic carbocycles. The smallest absolute Gasteiger partial charge is 0.0485 e. The minimum Gasteiger partial charge on any atom is -0.399 e. The van der Waals surface area contributed by atoms with Gasteiger partial charge in [-0.1, -0.05) is 91.5 Å². The zero-order chi connectivity index (χ0) is 19.2. The lowest BCUT2D eigenvalue weighted by atomic mass is 9.99. The van der Waals surface area contributed by atoms with E-state index in [9.17, 15) is 0 Å². The number of nitrogens with one attached hydrogen (secondary N) is 1. The van der Waals surface area contributed by atoms with Gasteiger partial charge < -0.3 is 11.1 Å². The zero-order valence-corrected chi connectivity index (χ0v) is 15.9. The van der Waals surface area contributed by atoms with Gasteiger partial charge in [0.25, 0.3) is 0 Å². The second kappa shape index (κ2) is 8.41. The number of rotatable bonds is 6. The van der Waals surface area contributed by atoms with E-state index in [1.807, 2.05) is 24.3 Å². The Kier molecular flexibility index (Phi) is 5.77. The van der Waals surface area contributed by atoms with Gasteiger partial charge in [-0.25, -0.2) is 0 Å². The maximum absolute atomic E-state index is 5.78. The molecule has 0 fully saturated rings. The average molecular weight is 354 g/mol. The molecule has 0 spiro atoms. The molecule has 3 aromatic carbocycles. The highest BCUT2D eigenvalue weighted by Gasteiger charge is 2.12. The van der Waals surface area contributed by atoms with Crippen LogP contribution in [0.3, 0.4) is 0 Å². The van der Waals surface area contributed by atoms with E-state index >= 15 is 0 Å². The Morgan fingerprint density at radius 1 is 0.778 bits per heavy atom. The van der Waals surface area contributed by atoms with Gasteiger partial charge in [0.2, 0.25) is 0 Å². The third-order valence-corrected chi connectivity index (χ3v) is 4.79. The highest BCUT2D eigenvalue weighted by molar-refractivity contribution is 5.89. The van der Waals surface area contributed by atoms with Crippen LogP contribution in [0.15, 0.2) is 91.5 Å². The first-order valence-electron chi connectivity index (χ1n) is 9.19. The molecule has 0 saturated heterocycles. The molecule has 136 valence electrons. The molecule has 0 aliphatic heterocycles. The fraction of sp³-hybridized carbons (Fsp3) is 0.120. The predicted octanol–water partition coefficient (Wildman–Crippen LogP) is 5.86. The molecule has 0 amide bonds. The summed E-state index contributed by atoms with van der Waals surface area (Å²) >= 11 is 0. The van der Waals surface area contributed by atoms with Crippen LogP contribution in [0.1, 0.15) is 42.1 Å². The summed E-state index contributed by atoms with van der Waals surface area (Å²) in [5.41, 5.74) is 13.3. The first kappa shape index (κ1) is 18.5. The van der Waals surface area contributed by atoms with Crippen LogP contribution >= 0.6 is 0 Å². The summed E-state index contributed by atoms with van der Waals surface area (Å²) < 4.78 is 0. The second-order valence-corrected chi connectivity index (χ2v) is 6.75. The minimum atomic E-state index is 0.152. The summed E-state index contributed by atoms with van der Waals surface area (Å²) in [6, 6.07) is 29.3. The second-order valence-electron chi connectivity index (χ2n) is 6.75. The van der Waals surface area contributed by atoms with Crippen molar-refractivity contribution in [1.82, 2.24) is 5.32 Å². The van der Waals surface area contributed by atoms with E-state index in [0.717, 1.165) is 11.3 Å². The van der Waals surface area contributed by atoms with Gasteiger partial charge in [-0.2, -0.15) is 0 Å².